The lowest BCUT2D eigenvalue weighted by Crippen LogP contribution is -2.13. The fourth-order valence-corrected chi connectivity index (χ4v) is 3.33. The Morgan fingerprint density at radius 2 is 1.94 bits per heavy atom. The van der Waals surface area contributed by atoms with Crippen LogP contribution in [0, 0.1) is 0 Å². The summed E-state index contributed by atoms with van der Waals surface area (Å²) in [5, 5.41) is 7.69. The van der Waals surface area contributed by atoms with Crippen LogP contribution >= 0.6 is 11.3 Å². The maximum Gasteiger partial charge on any atom is 0.338 e. The van der Waals surface area contributed by atoms with Crippen molar-refractivity contribution >= 4 is 39.9 Å². The van der Waals surface area contributed by atoms with Crippen LogP contribution in [0.3, 0.4) is 0 Å². The highest BCUT2D eigenvalue weighted by Crippen LogP contribution is 2.18. The van der Waals surface area contributed by atoms with E-state index in [0.717, 1.165) is 12.8 Å². The van der Waals surface area contributed by atoms with E-state index in [1.165, 1.54) is 17.6 Å². The highest BCUT2D eigenvalue weighted by atomic mass is 32.1. The Labute approximate surface area is 183 Å². The number of hydrogen-bond donors (Lipinski definition) is 2. The van der Waals surface area contributed by atoms with Crippen LogP contribution in [0.25, 0.3) is 0 Å². The summed E-state index contributed by atoms with van der Waals surface area (Å²) >= 11 is 1.28. The van der Waals surface area contributed by atoms with Gasteiger partial charge in [0.1, 0.15) is 0 Å². The van der Waals surface area contributed by atoms with Gasteiger partial charge in [0.15, 0.2) is 10.9 Å². The first-order chi connectivity index (χ1) is 15.0. The molecule has 0 saturated heterocycles. The zero-order chi connectivity index (χ0) is 22.1. The molecular weight excluding hydrogens is 418 g/mol. The minimum absolute atomic E-state index is 0.174. The maximum atomic E-state index is 12.2. The van der Waals surface area contributed by atoms with Gasteiger partial charge in [0, 0.05) is 17.5 Å². The molecule has 0 aliphatic carbocycles. The summed E-state index contributed by atoms with van der Waals surface area (Å²) in [6.07, 6.45) is 3.88. The van der Waals surface area contributed by atoms with E-state index < -0.39 is 0 Å². The Bertz CT molecular complexity index is 1010. The highest BCUT2D eigenvalue weighted by Gasteiger charge is 2.12. The van der Waals surface area contributed by atoms with Crippen LogP contribution in [0.5, 0.6) is 0 Å². The molecule has 8 nitrogen and oxygen atoms in total. The number of thiazole rings is 1. The van der Waals surface area contributed by atoms with Gasteiger partial charge in [0.05, 0.1) is 24.1 Å². The lowest BCUT2D eigenvalue weighted by molar-refractivity contribution is -0.116. The molecule has 2 aromatic heterocycles. The van der Waals surface area contributed by atoms with Gasteiger partial charge in [0.25, 0.3) is 5.91 Å². The maximum absolute atomic E-state index is 12.2. The summed E-state index contributed by atoms with van der Waals surface area (Å²) in [6.45, 7) is 2.43. The largest absolute Gasteiger partial charge is 0.462 e. The van der Waals surface area contributed by atoms with E-state index in [1.54, 1.807) is 41.8 Å². The fraction of sp³-hybridized carbons (Fsp3) is 0.273. The van der Waals surface area contributed by atoms with Crippen LogP contribution in [0.1, 0.15) is 52.8 Å². The normalized spacial score (nSPS) is 10.5. The molecule has 0 fully saturated rings. The Morgan fingerprint density at radius 1 is 1.13 bits per heavy atom. The third-order valence-corrected chi connectivity index (χ3v) is 5.07. The molecule has 0 bridgehead atoms. The van der Waals surface area contributed by atoms with Gasteiger partial charge >= 0.3 is 5.97 Å². The average Bonchev–Trinajstić information content (AvgIpc) is 3.45. The van der Waals surface area contributed by atoms with E-state index in [2.05, 4.69) is 15.6 Å². The summed E-state index contributed by atoms with van der Waals surface area (Å²) < 4.78 is 10.2. The lowest BCUT2D eigenvalue weighted by Gasteiger charge is -2.07. The topological polar surface area (TPSA) is 111 Å². The van der Waals surface area contributed by atoms with Gasteiger partial charge in [-0.15, -0.1) is 11.3 Å². The van der Waals surface area contributed by atoms with Crippen molar-refractivity contribution < 1.29 is 23.5 Å². The Balaban J connectivity index is 1.43. The van der Waals surface area contributed by atoms with Crippen LogP contribution in [0.2, 0.25) is 0 Å². The van der Waals surface area contributed by atoms with E-state index >= 15 is 0 Å². The number of nitrogens with zero attached hydrogens (tertiary/aromatic N) is 1. The second-order valence-corrected chi connectivity index (χ2v) is 7.55. The van der Waals surface area contributed by atoms with Crippen molar-refractivity contribution in [3.63, 3.8) is 0 Å². The number of anilines is 2. The molecule has 31 heavy (non-hydrogen) atoms. The molecule has 3 rings (SSSR count). The number of aromatic nitrogens is 1. The molecule has 2 N–H and O–H groups in total. The van der Waals surface area contributed by atoms with E-state index in [4.69, 9.17) is 9.15 Å². The van der Waals surface area contributed by atoms with Gasteiger partial charge in [-0.05, 0) is 49.2 Å². The average molecular weight is 442 g/mol. The number of unbranched alkanes of at least 4 members (excludes halogenated alkanes) is 1. The summed E-state index contributed by atoms with van der Waals surface area (Å²) in [5.74, 6) is -0.713. The van der Waals surface area contributed by atoms with Crippen molar-refractivity contribution in [2.75, 3.05) is 17.2 Å². The van der Waals surface area contributed by atoms with Gasteiger partial charge in [0.2, 0.25) is 5.91 Å². The molecule has 3 aromatic rings. The van der Waals surface area contributed by atoms with Crippen LogP contribution in [-0.2, 0) is 16.0 Å². The molecular formula is C22H23N3O5S. The molecule has 0 aliphatic rings. The molecule has 0 radical (unpaired) electrons. The van der Waals surface area contributed by atoms with Gasteiger partial charge in [-0.1, -0.05) is 13.3 Å². The van der Waals surface area contributed by atoms with Gasteiger partial charge in [-0.3, -0.25) is 14.9 Å². The molecule has 0 spiro atoms. The molecule has 9 heteroatoms. The van der Waals surface area contributed by atoms with Crippen molar-refractivity contribution in [3.05, 3.63) is 65.1 Å². The van der Waals surface area contributed by atoms with E-state index in [9.17, 15) is 14.4 Å². The molecule has 0 unspecified atom stereocenters. The number of rotatable bonds is 10. The number of amides is 2. The fourth-order valence-electron chi connectivity index (χ4n) is 2.59. The second kappa shape index (κ2) is 11.1. The first-order valence-corrected chi connectivity index (χ1v) is 10.8. The van der Waals surface area contributed by atoms with Crippen LogP contribution in [0.15, 0.2) is 52.5 Å². The number of carbonyl (C=O) groups is 3. The van der Waals surface area contributed by atoms with Gasteiger partial charge in [-0.2, -0.15) is 0 Å². The van der Waals surface area contributed by atoms with Crippen LogP contribution in [0.4, 0.5) is 10.8 Å². The number of carbonyl (C=O) groups excluding carboxylic acids is 3. The first-order valence-electron chi connectivity index (χ1n) is 9.91. The molecule has 162 valence electrons. The number of aryl methyl sites for hydroxylation is 1. The van der Waals surface area contributed by atoms with E-state index in [1.807, 2.05) is 6.92 Å². The number of nitrogens with one attached hydrogen (secondary N) is 2. The monoisotopic (exact) mass is 441 g/mol. The number of hydrogen-bond acceptors (Lipinski definition) is 7. The molecule has 2 heterocycles. The van der Waals surface area contributed by atoms with E-state index in [-0.39, 0.29) is 30.0 Å². The van der Waals surface area contributed by atoms with Crippen molar-refractivity contribution in [2.45, 2.75) is 32.6 Å². The summed E-state index contributed by atoms with van der Waals surface area (Å²) in [7, 11) is 0. The van der Waals surface area contributed by atoms with E-state index in [0.29, 0.717) is 35.1 Å². The molecule has 1 aromatic carbocycles. The Hall–Kier alpha value is -3.46. The Morgan fingerprint density at radius 3 is 2.65 bits per heavy atom. The number of benzene rings is 1. The lowest BCUT2D eigenvalue weighted by atomic mass is 10.2. The van der Waals surface area contributed by atoms with Gasteiger partial charge in [-0.25, -0.2) is 9.78 Å². The van der Waals surface area contributed by atoms with Gasteiger partial charge < -0.3 is 14.5 Å². The standard InChI is InChI=1S/C22H23N3O5S/c1-2-3-12-30-21(28)15-6-8-16(9-7-15)23-19(26)11-10-17-14-31-22(24-17)25-20(27)18-5-4-13-29-18/h4-9,13-14H,2-3,10-12H2,1H3,(H,23,26)(H,24,25,27). The predicted molar refractivity (Wildman–Crippen MR) is 117 cm³/mol. The molecule has 0 aliphatic heterocycles. The highest BCUT2D eigenvalue weighted by molar-refractivity contribution is 7.13. The summed E-state index contributed by atoms with van der Waals surface area (Å²) in [5.41, 5.74) is 1.75. The molecule has 0 atom stereocenters. The number of esters is 1. The van der Waals surface area contributed by atoms with Crippen molar-refractivity contribution in [3.8, 4) is 0 Å². The van der Waals surface area contributed by atoms with Crippen LogP contribution in [-0.4, -0.2) is 29.4 Å². The van der Waals surface area contributed by atoms with Crippen molar-refractivity contribution in [1.82, 2.24) is 4.98 Å². The molecule has 2 amide bonds. The third kappa shape index (κ3) is 6.78. The summed E-state index contributed by atoms with van der Waals surface area (Å²) in [4.78, 5) is 40.4. The minimum Gasteiger partial charge on any atom is -0.462 e. The quantitative estimate of drug-likeness (QED) is 0.354. The minimum atomic E-state index is -0.374. The third-order valence-electron chi connectivity index (χ3n) is 4.26. The van der Waals surface area contributed by atoms with Crippen LogP contribution < -0.4 is 10.6 Å². The summed E-state index contributed by atoms with van der Waals surface area (Å²) in [6, 6.07) is 9.78. The first kappa shape index (κ1) is 22.2. The number of ether oxygens (including phenoxy) is 1. The zero-order valence-electron chi connectivity index (χ0n) is 17.1. The molecule has 0 saturated carbocycles. The Kier molecular flexibility index (Phi) is 7.94. The van der Waals surface area contributed by atoms with Crippen molar-refractivity contribution in [1.29, 1.82) is 0 Å². The number of furan rings is 1. The predicted octanol–water partition coefficient (Wildman–Crippen LogP) is 4.52. The SMILES string of the molecule is CCCCOC(=O)c1ccc(NC(=O)CCc2csc(NC(=O)c3ccco3)n2)cc1. The van der Waals surface area contributed by atoms with Crippen molar-refractivity contribution in [2.24, 2.45) is 0 Å². The smallest absolute Gasteiger partial charge is 0.338 e. The second-order valence-electron chi connectivity index (χ2n) is 6.69. The zero-order valence-corrected chi connectivity index (χ0v) is 17.9.